The molecule has 0 radical (unpaired) electrons. The molecule has 4 heterocycles. The van der Waals surface area contributed by atoms with Gasteiger partial charge in [-0.15, -0.1) is 0 Å². The van der Waals surface area contributed by atoms with Gasteiger partial charge in [-0.2, -0.15) is 0 Å². The number of carbonyl (C=O) groups excluding carboxylic acids is 1. The molecule has 0 aliphatic carbocycles. The Morgan fingerprint density at radius 1 is 1.10 bits per heavy atom. The Hall–Kier alpha value is -2.86. The second kappa shape index (κ2) is 7.52. The van der Waals surface area contributed by atoms with E-state index >= 15 is 0 Å². The Balaban J connectivity index is 1.16. The number of aromatic amines is 1. The summed E-state index contributed by atoms with van der Waals surface area (Å²) < 4.78 is 1.96. The lowest BCUT2D eigenvalue weighted by Crippen LogP contribution is -2.48. The Labute approximate surface area is 169 Å². The number of carbonyl (C=O) groups is 1. The molecule has 6 nitrogen and oxygen atoms in total. The molecular weight excluding hydrogens is 364 g/mol. The average molecular weight is 390 g/mol. The average Bonchev–Trinajstić information content (AvgIpc) is 3.12. The number of nitrogens with zero attached hydrogens (tertiary/aromatic N) is 2. The van der Waals surface area contributed by atoms with Gasteiger partial charge in [-0.1, -0.05) is 24.3 Å². The molecular formula is C23H26N4O2. The molecule has 2 bridgehead atoms. The van der Waals surface area contributed by atoms with Crippen LogP contribution in [0.25, 0.3) is 10.9 Å². The number of aromatic nitrogens is 2. The predicted molar refractivity (Wildman–Crippen MR) is 113 cm³/mol. The van der Waals surface area contributed by atoms with E-state index in [2.05, 4.69) is 21.3 Å². The third-order valence-corrected chi connectivity index (χ3v) is 6.33. The lowest BCUT2D eigenvalue weighted by atomic mass is 9.83. The van der Waals surface area contributed by atoms with Gasteiger partial charge in [-0.3, -0.25) is 9.59 Å². The number of nitrogens with one attached hydrogen (secondary N) is 2. The highest BCUT2D eigenvalue weighted by Gasteiger charge is 2.34. The van der Waals surface area contributed by atoms with E-state index in [9.17, 15) is 9.59 Å². The van der Waals surface area contributed by atoms with Gasteiger partial charge in [0, 0.05) is 67.5 Å². The van der Waals surface area contributed by atoms with Crippen LogP contribution in [0.15, 0.2) is 53.5 Å². The Morgan fingerprint density at radius 3 is 2.93 bits per heavy atom. The number of hydrogen-bond donors (Lipinski definition) is 2. The number of amides is 1. The topological polar surface area (TPSA) is 70.1 Å². The molecule has 5 rings (SSSR count). The molecule has 0 saturated carbocycles. The Kier molecular flexibility index (Phi) is 4.72. The number of piperidine rings is 1. The zero-order valence-electron chi connectivity index (χ0n) is 16.4. The largest absolute Gasteiger partial charge is 0.361 e. The number of likely N-dealkylation sites (tertiary alicyclic amines) is 1. The molecule has 0 spiro atoms. The molecule has 1 saturated heterocycles. The number of benzene rings is 1. The monoisotopic (exact) mass is 390 g/mol. The summed E-state index contributed by atoms with van der Waals surface area (Å²) >= 11 is 0. The van der Waals surface area contributed by atoms with E-state index in [0.29, 0.717) is 24.8 Å². The maximum absolute atomic E-state index is 12.4. The van der Waals surface area contributed by atoms with Gasteiger partial charge in [0.25, 0.3) is 5.56 Å². The van der Waals surface area contributed by atoms with Crippen molar-refractivity contribution in [2.75, 3.05) is 26.2 Å². The van der Waals surface area contributed by atoms with Crippen molar-refractivity contribution in [1.29, 1.82) is 0 Å². The van der Waals surface area contributed by atoms with E-state index in [1.54, 1.807) is 6.07 Å². The molecule has 1 amide bonds. The first kappa shape index (κ1) is 18.2. The van der Waals surface area contributed by atoms with E-state index in [-0.39, 0.29) is 11.5 Å². The summed E-state index contributed by atoms with van der Waals surface area (Å²) in [6, 6.07) is 13.7. The van der Waals surface area contributed by atoms with Crippen LogP contribution < -0.4 is 10.9 Å². The standard InChI is InChI=1S/C23H26N4O2/c28-22(11-17-12-25-20-5-2-1-4-19(17)20)24-8-9-26-13-16-10-18(15-26)21-6-3-7-23(29)27(21)14-16/h1-7,12,16,18,25H,8-11,13-15H2,(H,24,28)/t16-,18+/m1/s1. The molecule has 150 valence electrons. The van der Waals surface area contributed by atoms with Gasteiger partial charge in [-0.25, -0.2) is 0 Å². The number of para-hydroxylation sites is 1. The summed E-state index contributed by atoms with van der Waals surface area (Å²) in [6.07, 6.45) is 3.48. The SMILES string of the molecule is O=C(Cc1c[nH]c2ccccc12)NCCN1C[C@H]2C[C@@H](C1)c1cccc(=O)n1C2. The number of rotatable bonds is 5. The highest BCUT2D eigenvalue weighted by atomic mass is 16.1. The van der Waals surface area contributed by atoms with E-state index in [4.69, 9.17) is 0 Å². The van der Waals surface area contributed by atoms with Gasteiger partial charge >= 0.3 is 0 Å². The van der Waals surface area contributed by atoms with Crippen LogP contribution in [-0.4, -0.2) is 46.5 Å². The minimum absolute atomic E-state index is 0.0591. The lowest BCUT2D eigenvalue weighted by Gasteiger charge is -2.42. The van der Waals surface area contributed by atoms with Crippen LogP contribution in [0.4, 0.5) is 0 Å². The lowest BCUT2D eigenvalue weighted by molar-refractivity contribution is -0.120. The van der Waals surface area contributed by atoms with Gasteiger partial charge < -0.3 is 19.8 Å². The number of pyridine rings is 1. The Bertz CT molecular complexity index is 1100. The van der Waals surface area contributed by atoms with Gasteiger partial charge in [-0.05, 0) is 30.0 Å². The molecule has 29 heavy (non-hydrogen) atoms. The van der Waals surface area contributed by atoms with Crippen LogP contribution in [0.1, 0.15) is 23.6 Å². The molecule has 3 aromatic rings. The third-order valence-electron chi connectivity index (χ3n) is 6.33. The summed E-state index contributed by atoms with van der Waals surface area (Å²) in [5.41, 5.74) is 3.39. The zero-order valence-corrected chi connectivity index (χ0v) is 16.4. The second-order valence-corrected chi connectivity index (χ2v) is 8.34. The first-order valence-electron chi connectivity index (χ1n) is 10.4. The first-order chi connectivity index (χ1) is 14.2. The quantitative estimate of drug-likeness (QED) is 0.701. The van der Waals surface area contributed by atoms with Gasteiger partial charge in [0.05, 0.1) is 6.42 Å². The van der Waals surface area contributed by atoms with Crippen molar-refractivity contribution in [3.63, 3.8) is 0 Å². The van der Waals surface area contributed by atoms with Crippen LogP contribution >= 0.6 is 0 Å². The molecule has 1 fully saturated rings. The van der Waals surface area contributed by atoms with Crippen molar-refractivity contribution in [1.82, 2.24) is 19.8 Å². The first-order valence-corrected chi connectivity index (χ1v) is 10.4. The zero-order chi connectivity index (χ0) is 19.8. The van der Waals surface area contributed by atoms with Crippen molar-refractivity contribution in [2.45, 2.75) is 25.3 Å². The fraction of sp³-hybridized carbons (Fsp3) is 0.391. The highest BCUT2D eigenvalue weighted by Crippen LogP contribution is 2.34. The fourth-order valence-electron chi connectivity index (χ4n) is 5.04. The van der Waals surface area contributed by atoms with E-state index in [1.807, 2.05) is 41.1 Å². The van der Waals surface area contributed by atoms with E-state index in [0.717, 1.165) is 49.1 Å². The summed E-state index contributed by atoms with van der Waals surface area (Å²) in [5.74, 6) is 0.991. The van der Waals surface area contributed by atoms with Crippen LogP contribution in [0.2, 0.25) is 0 Å². The molecule has 2 atom stereocenters. The molecule has 0 unspecified atom stereocenters. The predicted octanol–water partition coefficient (Wildman–Crippen LogP) is 2.11. The molecule has 1 aromatic carbocycles. The minimum Gasteiger partial charge on any atom is -0.361 e. The summed E-state index contributed by atoms with van der Waals surface area (Å²) in [4.78, 5) is 30.2. The fourth-order valence-corrected chi connectivity index (χ4v) is 5.04. The smallest absolute Gasteiger partial charge is 0.250 e. The maximum Gasteiger partial charge on any atom is 0.250 e. The second-order valence-electron chi connectivity index (χ2n) is 8.34. The van der Waals surface area contributed by atoms with Crippen molar-refractivity contribution in [2.24, 2.45) is 5.92 Å². The van der Waals surface area contributed by atoms with Crippen LogP contribution in [-0.2, 0) is 17.8 Å². The highest BCUT2D eigenvalue weighted by molar-refractivity contribution is 5.88. The van der Waals surface area contributed by atoms with Gasteiger partial charge in [0.15, 0.2) is 0 Å². The van der Waals surface area contributed by atoms with Crippen LogP contribution in [0, 0.1) is 5.92 Å². The van der Waals surface area contributed by atoms with Gasteiger partial charge in [0.2, 0.25) is 5.91 Å². The van der Waals surface area contributed by atoms with Crippen molar-refractivity contribution < 1.29 is 4.79 Å². The Morgan fingerprint density at radius 2 is 2.00 bits per heavy atom. The maximum atomic E-state index is 12.4. The summed E-state index contributed by atoms with van der Waals surface area (Å²) in [7, 11) is 0. The van der Waals surface area contributed by atoms with Gasteiger partial charge in [0.1, 0.15) is 0 Å². The van der Waals surface area contributed by atoms with E-state index < -0.39 is 0 Å². The molecule has 2 aliphatic rings. The molecule has 2 aliphatic heterocycles. The van der Waals surface area contributed by atoms with Crippen molar-refractivity contribution in [3.05, 3.63) is 70.3 Å². The molecule has 2 N–H and O–H groups in total. The molecule has 2 aromatic heterocycles. The number of fused-ring (bicyclic) bond motifs is 5. The third kappa shape index (κ3) is 3.60. The molecule has 6 heteroatoms. The van der Waals surface area contributed by atoms with Crippen LogP contribution in [0.3, 0.4) is 0 Å². The summed E-state index contributed by atoms with van der Waals surface area (Å²) in [6.45, 7) is 4.27. The number of H-pyrrole nitrogens is 1. The summed E-state index contributed by atoms with van der Waals surface area (Å²) in [5, 5.41) is 4.19. The minimum atomic E-state index is 0.0591. The van der Waals surface area contributed by atoms with Crippen molar-refractivity contribution in [3.8, 4) is 0 Å². The van der Waals surface area contributed by atoms with Crippen LogP contribution in [0.5, 0.6) is 0 Å². The van der Waals surface area contributed by atoms with E-state index in [1.165, 1.54) is 5.69 Å². The number of hydrogen-bond acceptors (Lipinski definition) is 3. The normalized spacial score (nSPS) is 21.1. The van der Waals surface area contributed by atoms with Crippen molar-refractivity contribution >= 4 is 16.8 Å².